The molecule has 92 valence electrons. The van der Waals surface area contributed by atoms with Gasteiger partial charge in [0, 0.05) is 12.1 Å². The number of hydrogen-bond donors (Lipinski definition) is 0. The summed E-state index contributed by atoms with van der Waals surface area (Å²) >= 11 is 3.04. The van der Waals surface area contributed by atoms with Crippen LogP contribution >= 0.6 is 15.9 Å². The molecule has 0 fully saturated rings. The van der Waals surface area contributed by atoms with Crippen molar-refractivity contribution in [2.24, 2.45) is 0 Å². The Morgan fingerprint density at radius 3 is 2.94 bits per heavy atom. The van der Waals surface area contributed by atoms with Crippen molar-refractivity contribution in [2.45, 2.75) is 6.92 Å². The Bertz CT molecular complexity index is 418. The van der Waals surface area contributed by atoms with Crippen LogP contribution in [0.4, 0.5) is 4.39 Å². The number of ether oxygens (including phenoxy) is 2. The van der Waals surface area contributed by atoms with E-state index in [4.69, 9.17) is 4.74 Å². The highest BCUT2D eigenvalue weighted by molar-refractivity contribution is 9.10. The molecule has 17 heavy (non-hydrogen) atoms. The van der Waals surface area contributed by atoms with Crippen LogP contribution in [-0.2, 0) is 9.53 Å². The molecule has 0 bridgehead atoms. The molecule has 0 aliphatic rings. The van der Waals surface area contributed by atoms with Gasteiger partial charge >= 0.3 is 5.97 Å². The van der Waals surface area contributed by atoms with Crippen molar-refractivity contribution in [3.63, 3.8) is 0 Å². The Hall–Kier alpha value is -1.36. The highest BCUT2D eigenvalue weighted by Gasteiger charge is 2.00. The molecule has 1 aromatic rings. The second-order valence-corrected chi connectivity index (χ2v) is 3.90. The molecular formula is C12H12BrFO3. The summed E-state index contributed by atoms with van der Waals surface area (Å²) in [4.78, 5) is 10.9. The minimum absolute atomic E-state index is 0.180. The average Bonchev–Trinajstić information content (AvgIpc) is 2.29. The smallest absolute Gasteiger partial charge is 0.330 e. The highest BCUT2D eigenvalue weighted by atomic mass is 79.9. The molecule has 0 saturated heterocycles. The van der Waals surface area contributed by atoms with Crippen molar-refractivity contribution in [1.82, 2.24) is 0 Å². The van der Waals surface area contributed by atoms with Gasteiger partial charge in [-0.05, 0) is 41.1 Å². The van der Waals surface area contributed by atoms with E-state index in [0.29, 0.717) is 16.8 Å². The minimum atomic E-state index is -0.418. The predicted molar refractivity (Wildman–Crippen MR) is 65.4 cm³/mol. The summed E-state index contributed by atoms with van der Waals surface area (Å²) in [5, 5.41) is 0. The number of carbonyl (C=O) groups excluding carboxylic acids is 1. The SMILES string of the molecule is CCOC(=O)/C=C/COc1ccc(Br)c(F)c1. The molecule has 0 aliphatic heterocycles. The van der Waals surface area contributed by atoms with Gasteiger partial charge in [0.25, 0.3) is 0 Å². The van der Waals surface area contributed by atoms with E-state index in [1.54, 1.807) is 19.1 Å². The molecule has 5 heteroatoms. The van der Waals surface area contributed by atoms with Gasteiger partial charge in [-0.15, -0.1) is 0 Å². The van der Waals surface area contributed by atoms with Gasteiger partial charge in [0.1, 0.15) is 18.2 Å². The minimum Gasteiger partial charge on any atom is -0.489 e. The van der Waals surface area contributed by atoms with E-state index in [-0.39, 0.29) is 6.61 Å². The van der Waals surface area contributed by atoms with Crippen molar-refractivity contribution in [2.75, 3.05) is 13.2 Å². The quantitative estimate of drug-likeness (QED) is 0.619. The summed E-state index contributed by atoms with van der Waals surface area (Å²) in [6, 6.07) is 4.45. The summed E-state index contributed by atoms with van der Waals surface area (Å²) in [6.45, 7) is 2.24. The second kappa shape index (κ2) is 7.06. The lowest BCUT2D eigenvalue weighted by atomic mass is 10.3. The zero-order chi connectivity index (χ0) is 12.7. The van der Waals surface area contributed by atoms with Crippen molar-refractivity contribution >= 4 is 21.9 Å². The topological polar surface area (TPSA) is 35.5 Å². The Morgan fingerprint density at radius 2 is 2.29 bits per heavy atom. The number of carbonyl (C=O) groups is 1. The first-order valence-corrected chi connectivity index (χ1v) is 5.84. The lowest BCUT2D eigenvalue weighted by Gasteiger charge is -2.03. The van der Waals surface area contributed by atoms with E-state index in [2.05, 4.69) is 20.7 Å². The predicted octanol–water partition coefficient (Wildman–Crippen LogP) is 3.09. The van der Waals surface area contributed by atoms with Crippen molar-refractivity contribution in [3.8, 4) is 5.75 Å². The first kappa shape index (κ1) is 13.7. The molecule has 0 heterocycles. The average molecular weight is 303 g/mol. The lowest BCUT2D eigenvalue weighted by molar-refractivity contribution is -0.137. The maximum Gasteiger partial charge on any atom is 0.330 e. The number of esters is 1. The summed E-state index contributed by atoms with van der Waals surface area (Å²) in [5.41, 5.74) is 0. The van der Waals surface area contributed by atoms with Crippen LogP contribution in [0.5, 0.6) is 5.75 Å². The van der Waals surface area contributed by atoms with Gasteiger partial charge in [0.2, 0.25) is 0 Å². The molecule has 0 radical (unpaired) electrons. The Labute approximate surface area is 107 Å². The van der Waals surface area contributed by atoms with Crippen molar-refractivity contribution in [3.05, 3.63) is 40.6 Å². The van der Waals surface area contributed by atoms with E-state index in [9.17, 15) is 9.18 Å². The van der Waals surface area contributed by atoms with Gasteiger partial charge in [-0.2, -0.15) is 0 Å². The maximum absolute atomic E-state index is 13.1. The molecule has 0 saturated carbocycles. The van der Waals surface area contributed by atoms with E-state index >= 15 is 0 Å². The van der Waals surface area contributed by atoms with E-state index in [1.165, 1.54) is 18.2 Å². The molecule has 0 aromatic heterocycles. The number of rotatable bonds is 5. The van der Waals surface area contributed by atoms with Crippen LogP contribution in [0.3, 0.4) is 0 Å². The molecule has 0 N–H and O–H groups in total. The fourth-order valence-electron chi connectivity index (χ4n) is 1.05. The van der Waals surface area contributed by atoms with Crippen LogP contribution in [0.2, 0.25) is 0 Å². The summed E-state index contributed by atoms with van der Waals surface area (Å²) in [7, 11) is 0. The third-order valence-corrected chi connectivity index (χ3v) is 2.42. The molecule has 0 unspecified atom stereocenters. The fraction of sp³-hybridized carbons (Fsp3) is 0.250. The zero-order valence-electron chi connectivity index (χ0n) is 9.28. The summed E-state index contributed by atoms with van der Waals surface area (Å²) in [5.74, 6) is -0.408. The number of halogens is 2. The summed E-state index contributed by atoms with van der Waals surface area (Å²) < 4.78 is 23.4. The third-order valence-electron chi connectivity index (χ3n) is 1.78. The molecule has 1 rings (SSSR count). The van der Waals surface area contributed by atoms with Crippen LogP contribution < -0.4 is 4.74 Å². The zero-order valence-corrected chi connectivity index (χ0v) is 10.9. The highest BCUT2D eigenvalue weighted by Crippen LogP contribution is 2.20. The van der Waals surface area contributed by atoms with Crippen LogP contribution in [0.15, 0.2) is 34.8 Å². The lowest BCUT2D eigenvalue weighted by Crippen LogP contribution is -2.01. The maximum atomic E-state index is 13.1. The Kier molecular flexibility index (Phi) is 5.69. The van der Waals surface area contributed by atoms with Gasteiger partial charge in [0.15, 0.2) is 0 Å². The molecule has 3 nitrogen and oxygen atoms in total. The first-order valence-electron chi connectivity index (χ1n) is 5.04. The van der Waals surface area contributed by atoms with Gasteiger partial charge in [0.05, 0.1) is 11.1 Å². The summed E-state index contributed by atoms with van der Waals surface area (Å²) in [6.07, 6.45) is 2.79. The monoisotopic (exact) mass is 302 g/mol. The Balaban J connectivity index is 2.40. The number of benzene rings is 1. The van der Waals surface area contributed by atoms with E-state index in [1.807, 2.05) is 0 Å². The molecule has 0 aliphatic carbocycles. The van der Waals surface area contributed by atoms with E-state index < -0.39 is 11.8 Å². The van der Waals surface area contributed by atoms with Crippen LogP contribution in [0, 0.1) is 5.82 Å². The number of hydrogen-bond acceptors (Lipinski definition) is 3. The molecule has 0 spiro atoms. The van der Waals surface area contributed by atoms with Gasteiger partial charge in [-0.25, -0.2) is 9.18 Å². The largest absolute Gasteiger partial charge is 0.489 e. The van der Waals surface area contributed by atoms with Crippen LogP contribution in [-0.4, -0.2) is 19.2 Å². The molecule has 0 amide bonds. The molecule has 1 aromatic carbocycles. The fourth-order valence-corrected chi connectivity index (χ4v) is 1.29. The normalized spacial score (nSPS) is 10.5. The molecular weight excluding hydrogens is 291 g/mol. The van der Waals surface area contributed by atoms with Crippen LogP contribution in [0.1, 0.15) is 6.92 Å². The Morgan fingerprint density at radius 1 is 1.53 bits per heavy atom. The van der Waals surface area contributed by atoms with Crippen molar-refractivity contribution in [1.29, 1.82) is 0 Å². The van der Waals surface area contributed by atoms with Crippen molar-refractivity contribution < 1.29 is 18.7 Å². The standard InChI is InChI=1S/C12H12BrFO3/c1-2-16-12(15)4-3-7-17-9-5-6-10(13)11(14)8-9/h3-6,8H,2,7H2,1H3/b4-3+. The third kappa shape index (κ3) is 4.99. The van der Waals surface area contributed by atoms with Gasteiger partial charge in [-0.1, -0.05) is 0 Å². The second-order valence-electron chi connectivity index (χ2n) is 3.04. The molecule has 0 atom stereocenters. The van der Waals surface area contributed by atoms with Gasteiger partial charge < -0.3 is 9.47 Å². The van der Waals surface area contributed by atoms with Crippen LogP contribution in [0.25, 0.3) is 0 Å². The van der Waals surface area contributed by atoms with Gasteiger partial charge in [-0.3, -0.25) is 0 Å². The van der Waals surface area contributed by atoms with E-state index in [0.717, 1.165) is 0 Å². The first-order chi connectivity index (χ1) is 8.13.